The number of carbonyl (C=O) groups is 2. The van der Waals surface area contributed by atoms with Crippen molar-refractivity contribution in [3.05, 3.63) is 89.5 Å². The highest BCUT2D eigenvalue weighted by Gasteiger charge is 2.38. The molecule has 4 rings (SSSR count). The zero-order chi connectivity index (χ0) is 30.2. The Balaban J connectivity index is 0.000000587. The highest BCUT2D eigenvalue weighted by Crippen LogP contribution is 2.30. The van der Waals surface area contributed by atoms with Gasteiger partial charge in [0.25, 0.3) is 15.9 Å². The van der Waals surface area contributed by atoms with Gasteiger partial charge in [0.1, 0.15) is 11.6 Å². The molecule has 3 aromatic carbocycles. The number of sulfonamides is 1. The number of benzene rings is 3. The molecule has 0 aliphatic carbocycles. The largest absolute Gasteiger partial charge is 0.490 e. The molecular weight excluding hydrogens is 575 g/mol. The first-order valence-electron chi connectivity index (χ1n) is 12.0. The molecule has 220 valence electrons. The summed E-state index contributed by atoms with van der Waals surface area (Å²) in [7, 11) is -4.03. The minimum atomic E-state index is -5.08. The minimum Gasteiger partial charge on any atom is -0.475 e. The van der Waals surface area contributed by atoms with Crippen LogP contribution in [0.4, 0.5) is 33.3 Å². The number of alkyl halides is 3. The Kier molecular flexibility index (Phi) is 10.2. The number of anilines is 2. The van der Waals surface area contributed by atoms with Crippen LogP contribution < -0.4 is 20.3 Å². The molecule has 0 radical (unpaired) electrons. The molecular formula is C26H25F5N4O5S. The van der Waals surface area contributed by atoms with Crippen LogP contribution in [0.25, 0.3) is 0 Å². The topological polar surface area (TPSA) is 128 Å². The third-order valence-corrected chi connectivity index (χ3v) is 7.11. The van der Waals surface area contributed by atoms with Gasteiger partial charge >= 0.3 is 12.1 Å². The monoisotopic (exact) mass is 600 g/mol. The Morgan fingerprint density at radius 3 is 2.15 bits per heavy atom. The number of amides is 1. The molecule has 1 aliphatic rings. The number of aliphatic carboxylic acids is 1. The first-order chi connectivity index (χ1) is 19.3. The maximum Gasteiger partial charge on any atom is 0.490 e. The van der Waals surface area contributed by atoms with Gasteiger partial charge in [-0.3, -0.25) is 9.52 Å². The fourth-order valence-electron chi connectivity index (χ4n) is 3.68. The van der Waals surface area contributed by atoms with Crippen LogP contribution in [0, 0.1) is 11.6 Å². The lowest BCUT2D eigenvalue weighted by molar-refractivity contribution is -0.192. The molecule has 0 atom stereocenters. The van der Waals surface area contributed by atoms with Crippen molar-refractivity contribution >= 4 is 33.3 Å². The number of carbonyl (C=O) groups excluding carboxylic acids is 1. The molecule has 1 saturated heterocycles. The summed E-state index contributed by atoms with van der Waals surface area (Å²) in [6.07, 6.45) is -5.08. The average Bonchev–Trinajstić information content (AvgIpc) is 2.93. The summed E-state index contributed by atoms with van der Waals surface area (Å²) in [4.78, 5) is 23.6. The lowest BCUT2D eigenvalue weighted by atomic mass is 10.1. The van der Waals surface area contributed by atoms with Crippen molar-refractivity contribution in [3.8, 4) is 0 Å². The number of piperazine rings is 1. The van der Waals surface area contributed by atoms with E-state index in [9.17, 15) is 35.2 Å². The number of nitrogens with zero attached hydrogens (tertiary/aromatic N) is 1. The Bertz CT molecular complexity index is 1480. The minimum absolute atomic E-state index is 0.0122. The van der Waals surface area contributed by atoms with Gasteiger partial charge in [0, 0.05) is 43.9 Å². The molecule has 0 unspecified atom stereocenters. The van der Waals surface area contributed by atoms with Gasteiger partial charge in [-0.25, -0.2) is 22.0 Å². The van der Waals surface area contributed by atoms with Crippen LogP contribution in [-0.2, 0) is 21.4 Å². The molecule has 0 aromatic heterocycles. The molecule has 1 fully saturated rings. The quantitative estimate of drug-likeness (QED) is 0.305. The Hall–Kier alpha value is -4.24. The highest BCUT2D eigenvalue weighted by atomic mass is 32.2. The number of carboxylic acids is 1. The maximum absolute atomic E-state index is 13.9. The van der Waals surface area contributed by atoms with Gasteiger partial charge in [-0.1, -0.05) is 18.2 Å². The van der Waals surface area contributed by atoms with E-state index in [1.165, 1.54) is 24.3 Å². The molecule has 1 aliphatic heterocycles. The fourth-order valence-corrected chi connectivity index (χ4v) is 4.74. The number of rotatable bonds is 7. The average molecular weight is 601 g/mol. The third kappa shape index (κ3) is 8.88. The molecule has 41 heavy (non-hydrogen) atoms. The molecule has 9 nitrogen and oxygen atoms in total. The second kappa shape index (κ2) is 13.4. The molecule has 0 bridgehead atoms. The standard InChI is InChI=1S/C24H24F2N4O3S.C2HF3O2/c25-19-6-8-20(9-7-19)34(32,33)29-22-15-17(5-10-23(22)30-13-11-27-12-14-30)24(31)28-16-18-3-1-2-4-21(18)26;3-2(4,5)1(6)7/h1-10,15,27,29H,11-14,16H2,(H,28,31);(H,6,7). The number of hydrogen-bond donors (Lipinski definition) is 4. The smallest absolute Gasteiger partial charge is 0.475 e. The van der Waals surface area contributed by atoms with Crippen LogP contribution in [0.2, 0.25) is 0 Å². The second-order valence-electron chi connectivity index (χ2n) is 8.61. The molecule has 1 heterocycles. The van der Waals surface area contributed by atoms with Crippen LogP contribution in [0.3, 0.4) is 0 Å². The summed E-state index contributed by atoms with van der Waals surface area (Å²) in [5.74, 6) is -4.21. The Morgan fingerprint density at radius 1 is 0.951 bits per heavy atom. The van der Waals surface area contributed by atoms with Crippen molar-refractivity contribution in [3.63, 3.8) is 0 Å². The summed E-state index contributed by atoms with van der Waals surface area (Å²) < 4.78 is 87.4. The van der Waals surface area contributed by atoms with E-state index in [1.54, 1.807) is 30.3 Å². The number of nitrogens with one attached hydrogen (secondary N) is 3. The van der Waals surface area contributed by atoms with Gasteiger partial charge in [-0.05, 0) is 48.5 Å². The fraction of sp³-hybridized carbons (Fsp3) is 0.231. The van der Waals surface area contributed by atoms with Crippen molar-refractivity contribution in [1.82, 2.24) is 10.6 Å². The van der Waals surface area contributed by atoms with Crippen LogP contribution in [0.5, 0.6) is 0 Å². The Labute approximate surface area is 232 Å². The molecule has 0 spiro atoms. The van der Waals surface area contributed by atoms with Gasteiger partial charge < -0.3 is 20.6 Å². The number of hydrogen-bond acceptors (Lipinski definition) is 6. The predicted octanol–water partition coefficient (Wildman–Crippen LogP) is 3.74. The van der Waals surface area contributed by atoms with Gasteiger partial charge in [0.05, 0.1) is 16.3 Å². The van der Waals surface area contributed by atoms with Crippen molar-refractivity contribution in [2.45, 2.75) is 17.6 Å². The normalized spacial score (nSPS) is 13.5. The molecule has 3 aromatic rings. The van der Waals surface area contributed by atoms with E-state index in [1.807, 2.05) is 4.90 Å². The van der Waals surface area contributed by atoms with Gasteiger partial charge in [-0.2, -0.15) is 13.2 Å². The van der Waals surface area contributed by atoms with E-state index in [-0.39, 0.29) is 22.7 Å². The van der Waals surface area contributed by atoms with Crippen molar-refractivity contribution in [1.29, 1.82) is 0 Å². The zero-order valence-electron chi connectivity index (χ0n) is 21.2. The number of carboxylic acid groups (broad SMARTS) is 1. The summed E-state index contributed by atoms with van der Waals surface area (Å²) in [5, 5.41) is 13.0. The summed E-state index contributed by atoms with van der Waals surface area (Å²) in [6.45, 7) is 2.76. The van der Waals surface area contributed by atoms with E-state index in [0.29, 0.717) is 24.3 Å². The van der Waals surface area contributed by atoms with Crippen molar-refractivity contribution in [2.24, 2.45) is 0 Å². The van der Waals surface area contributed by atoms with Crippen LogP contribution in [-0.4, -0.2) is 57.8 Å². The van der Waals surface area contributed by atoms with Crippen LogP contribution in [0.1, 0.15) is 15.9 Å². The first kappa shape index (κ1) is 31.3. The van der Waals surface area contributed by atoms with Crippen molar-refractivity contribution < 1.29 is 45.1 Å². The summed E-state index contributed by atoms with van der Waals surface area (Å²) >= 11 is 0. The van der Waals surface area contributed by atoms with E-state index >= 15 is 0 Å². The van der Waals surface area contributed by atoms with E-state index < -0.39 is 39.7 Å². The first-order valence-corrected chi connectivity index (χ1v) is 13.5. The molecule has 0 saturated carbocycles. The highest BCUT2D eigenvalue weighted by molar-refractivity contribution is 7.92. The van der Waals surface area contributed by atoms with Crippen LogP contribution in [0.15, 0.2) is 71.6 Å². The lowest BCUT2D eigenvalue weighted by Crippen LogP contribution is -2.43. The second-order valence-corrected chi connectivity index (χ2v) is 10.3. The van der Waals surface area contributed by atoms with Gasteiger partial charge in [0.15, 0.2) is 0 Å². The Morgan fingerprint density at radius 2 is 1.56 bits per heavy atom. The maximum atomic E-state index is 13.9. The predicted molar refractivity (Wildman–Crippen MR) is 140 cm³/mol. The molecule has 4 N–H and O–H groups in total. The molecule has 15 heteroatoms. The van der Waals surface area contributed by atoms with E-state index in [2.05, 4.69) is 15.4 Å². The van der Waals surface area contributed by atoms with E-state index in [4.69, 9.17) is 9.90 Å². The SMILES string of the molecule is O=C(NCc1ccccc1F)c1ccc(N2CCNCC2)c(NS(=O)(=O)c2ccc(F)cc2)c1.O=C(O)C(F)(F)F. The van der Waals surface area contributed by atoms with Gasteiger partial charge in [-0.15, -0.1) is 0 Å². The summed E-state index contributed by atoms with van der Waals surface area (Å²) in [5.41, 5.74) is 1.40. The van der Waals surface area contributed by atoms with Gasteiger partial charge in [0.2, 0.25) is 0 Å². The van der Waals surface area contributed by atoms with Crippen LogP contribution >= 0.6 is 0 Å². The molecule has 1 amide bonds. The third-order valence-electron chi connectivity index (χ3n) is 5.72. The lowest BCUT2D eigenvalue weighted by Gasteiger charge is -2.31. The zero-order valence-corrected chi connectivity index (χ0v) is 22.0. The van der Waals surface area contributed by atoms with E-state index in [0.717, 1.165) is 25.2 Å². The summed E-state index contributed by atoms with van der Waals surface area (Å²) in [6, 6.07) is 15.4. The number of halogens is 5. The van der Waals surface area contributed by atoms with Crippen molar-refractivity contribution in [2.75, 3.05) is 35.8 Å².